The molecule has 0 heterocycles. The van der Waals surface area contributed by atoms with Gasteiger partial charge in [0.05, 0.1) is 0 Å². The smallest absolute Gasteiger partial charge is 0.123 e. The van der Waals surface area contributed by atoms with E-state index in [-0.39, 0.29) is 11.2 Å². The number of fused-ring (bicyclic) bond motifs is 4. The molecule has 8 rings (SSSR count). The molecule has 0 aromatic heterocycles. The highest BCUT2D eigenvalue weighted by atomic mass is 19.1. The summed E-state index contributed by atoms with van der Waals surface area (Å²) in [4.78, 5) is 0. The second-order valence-corrected chi connectivity index (χ2v) is 12.8. The van der Waals surface area contributed by atoms with Gasteiger partial charge in [0.1, 0.15) is 5.82 Å². The van der Waals surface area contributed by atoms with Crippen molar-refractivity contribution in [1.82, 2.24) is 0 Å². The van der Waals surface area contributed by atoms with Crippen LogP contribution in [0.15, 0.2) is 146 Å². The van der Waals surface area contributed by atoms with E-state index in [4.69, 9.17) is 0 Å². The van der Waals surface area contributed by atoms with E-state index >= 15 is 0 Å². The summed E-state index contributed by atoms with van der Waals surface area (Å²) in [5.74, 6) is -0.230. The van der Waals surface area contributed by atoms with E-state index in [1.54, 1.807) is 12.1 Å². The highest BCUT2D eigenvalue weighted by Gasteiger charge is 2.35. The molecule has 0 unspecified atom stereocenters. The second kappa shape index (κ2) is 10.1. The van der Waals surface area contributed by atoms with Crippen molar-refractivity contribution >= 4 is 37.9 Å². The zero-order chi connectivity index (χ0) is 30.9. The maximum Gasteiger partial charge on any atom is 0.123 e. The Balaban J connectivity index is 1.46. The molecule has 0 amide bonds. The predicted molar refractivity (Wildman–Crippen MR) is 191 cm³/mol. The molecule has 7 aromatic carbocycles. The minimum atomic E-state index is -0.230. The molecule has 0 radical (unpaired) electrons. The summed E-state index contributed by atoms with van der Waals surface area (Å²) < 4.78 is 14.1. The van der Waals surface area contributed by atoms with E-state index in [2.05, 4.69) is 130 Å². The van der Waals surface area contributed by atoms with Gasteiger partial charge in [-0.25, -0.2) is 4.39 Å². The Kier molecular flexibility index (Phi) is 6.15. The molecule has 0 nitrogen and oxygen atoms in total. The van der Waals surface area contributed by atoms with Crippen LogP contribution in [0.4, 0.5) is 4.39 Å². The van der Waals surface area contributed by atoms with Crippen molar-refractivity contribution in [1.29, 1.82) is 0 Å². The Bertz CT molecular complexity index is 2370. The molecule has 1 aliphatic carbocycles. The summed E-state index contributed by atoms with van der Waals surface area (Å²) in [6.07, 6.45) is 2.02. The molecule has 0 atom stereocenters. The zero-order valence-corrected chi connectivity index (χ0v) is 25.8. The van der Waals surface area contributed by atoms with Crippen LogP contribution in [-0.2, 0) is 5.41 Å². The van der Waals surface area contributed by atoms with Crippen molar-refractivity contribution in [2.24, 2.45) is 0 Å². The maximum atomic E-state index is 14.1. The third kappa shape index (κ3) is 4.19. The van der Waals surface area contributed by atoms with Crippen LogP contribution in [0, 0.1) is 5.82 Å². The van der Waals surface area contributed by atoms with Gasteiger partial charge in [-0.1, -0.05) is 124 Å². The quantitative estimate of drug-likeness (QED) is 0.182. The number of benzene rings is 7. The molecular weight excluding hydrogens is 547 g/mol. The predicted octanol–water partition coefficient (Wildman–Crippen LogP) is 12.5. The van der Waals surface area contributed by atoms with Crippen LogP contribution in [-0.4, -0.2) is 0 Å². The Morgan fingerprint density at radius 1 is 0.556 bits per heavy atom. The lowest BCUT2D eigenvalue weighted by atomic mass is 9.79. The third-order valence-electron chi connectivity index (χ3n) is 9.91. The first kappa shape index (κ1) is 27.3. The van der Waals surface area contributed by atoms with Gasteiger partial charge in [0, 0.05) is 5.41 Å². The third-order valence-corrected chi connectivity index (χ3v) is 9.91. The lowest BCUT2D eigenvalue weighted by Crippen LogP contribution is -2.16. The number of halogens is 1. The molecule has 0 bridgehead atoms. The van der Waals surface area contributed by atoms with Gasteiger partial charge in [0.25, 0.3) is 0 Å². The van der Waals surface area contributed by atoms with Gasteiger partial charge in [-0.05, 0) is 125 Å². The topological polar surface area (TPSA) is 0 Å². The van der Waals surface area contributed by atoms with Crippen molar-refractivity contribution in [3.8, 4) is 33.4 Å². The van der Waals surface area contributed by atoms with Crippen LogP contribution in [0.1, 0.15) is 31.9 Å². The van der Waals surface area contributed by atoms with Crippen molar-refractivity contribution in [2.75, 3.05) is 0 Å². The fourth-order valence-corrected chi connectivity index (χ4v) is 7.68. The Morgan fingerprint density at radius 2 is 1.13 bits per heavy atom. The van der Waals surface area contributed by atoms with Gasteiger partial charge in [-0.2, -0.15) is 0 Å². The molecule has 0 saturated heterocycles. The fraction of sp³-hybridized carbons (Fsp3) is 0.0909. The number of hydrogen-bond acceptors (Lipinski definition) is 0. The van der Waals surface area contributed by atoms with Crippen molar-refractivity contribution in [2.45, 2.75) is 26.2 Å². The van der Waals surface area contributed by atoms with Gasteiger partial charge in [-0.15, -0.1) is 0 Å². The molecule has 0 spiro atoms. The molecule has 0 N–H and O–H groups in total. The molecule has 7 aromatic rings. The highest BCUT2D eigenvalue weighted by Crippen LogP contribution is 2.50. The van der Waals surface area contributed by atoms with E-state index < -0.39 is 0 Å². The second-order valence-electron chi connectivity index (χ2n) is 12.8. The average Bonchev–Trinajstić information content (AvgIpc) is 3.26. The Morgan fingerprint density at radius 3 is 1.87 bits per heavy atom. The zero-order valence-electron chi connectivity index (χ0n) is 25.8. The number of allylic oxidation sites excluding steroid dienone is 3. The number of rotatable bonds is 4. The van der Waals surface area contributed by atoms with Gasteiger partial charge < -0.3 is 0 Å². The van der Waals surface area contributed by atoms with Crippen LogP contribution in [0.2, 0.25) is 0 Å². The summed E-state index contributed by atoms with van der Waals surface area (Å²) in [7, 11) is 0. The molecule has 216 valence electrons. The summed E-state index contributed by atoms with van der Waals surface area (Å²) in [6.45, 7) is 11.0. The first-order valence-electron chi connectivity index (χ1n) is 15.6. The molecule has 0 aliphatic heterocycles. The Hall–Kier alpha value is -5.27. The molecule has 1 aliphatic rings. The van der Waals surface area contributed by atoms with Crippen LogP contribution >= 0.6 is 0 Å². The first-order chi connectivity index (χ1) is 21.8. The molecule has 0 saturated carbocycles. The van der Waals surface area contributed by atoms with Crippen LogP contribution in [0.3, 0.4) is 0 Å². The standard InChI is InChI=1S/C44H33F/c1-5-40-27(2)35-22-19-33(26-41(35)44(40,3)4)43-37-13-9-8-12-36(37)42(29-16-20-34(45)21-17-29)38-23-18-32(25-39(38)43)31-15-14-28-10-6-7-11-30(28)24-31/h5-26H,1H2,2-4H3. The number of hydrogen-bond donors (Lipinski definition) is 0. The van der Waals surface area contributed by atoms with Crippen molar-refractivity contribution in [3.63, 3.8) is 0 Å². The van der Waals surface area contributed by atoms with E-state index in [9.17, 15) is 4.39 Å². The highest BCUT2D eigenvalue weighted by molar-refractivity contribution is 6.22. The Labute approximate surface area is 263 Å². The van der Waals surface area contributed by atoms with Crippen LogP contribution in [0.5, 0.6) is 0 Å². The summed E-state index contributed by atoms with van der Waals surface area (Å²) in [5, 5.41) is 7.14. The van der Waals surface area contributed by atoms with Gasteiger partial charge in [-0.3, -0.25) is 0 Å². The summed E-state index contributed by atoms with van der Waals surface area (Å²) in [5.41, 5.74) is 12.0. The largest absolute Gasteiger partial charge is 0.207 e. The monoisotopic (exact) mass is 580 g/mol. The van der Waals surface area contributed by atoms with Gasteiger partial charge in [0.2, 0.25) is 0 Å². The summed E-state index contributed by atoms with van der Waals surface area (Å²) >= 11 is 0. The minimum absolute atomic E-state index is 0.132. The van der Waals surface area contributed by atoms with Crippen molar-refractivity contribution < 1.29 is 4.39 Å². The molecule has 1 heteroatoms. The minimum Gasteiger partial charge on any atom is -0.207 e. The normalized spacial score (nSPS) is 14.0. The lowest BCUT2D eigenvalue weighted by molar-refractivity contribution is 0.628. The van der Waals surface area contributed by atoms with E-state index in [0.717, 1.165) is 21.9 Å². The molecule has 45 heavy (non-hydrogen) atoms. The lowest BCUT2D eigenvalue weighted by Gasteiger charge is -2.24. The fourth-order valence-electron chi connectivity index (χ4n) is 7.68. The van der Waals surface area contributed by atoms with E-state index in [0.29, 0.717) is 0 Å². The first-order valence-corrected chi connectivity index (χ1v) is 15.6. The van der Waals surface area contributed by atoms with Crippen molar-refractivity contribution in [3.05, 3.63) is 163 Å². The van der Waals surface area contributed by atoms with Gasteiger partial charge >= 0.3 is 0 Å². The van der Waals surface area contributed by atoms with Crippen LogP contribution in [0.25, 0.3) is 71.3 Å². The molecule has 0 fully saturated rings. The average molecular weight is 581 g/mol. The maximum absolute atomic E-state index is 14.1. The van der Waals surface area contributed by atoms with E-state index in [1.807, 2.05) is 18.2 Å². The van der Waals surface area contributed by atoms with Crippen LogP contribution < -0.4 is 0 Å². The van der Waals surface area contributed by atoms with Gasteiger partial charge in [0.15, 0.2) is 0 Å². The SMILES string of the molecule is C=CC1=C(C)c2ccc(-c3c4ccccc4c(-c4ccc(F)cc4)c4ccc(-c5ccc6ccccc6c5)cc34)cc2C1(C)C. The summed E-state index contributed by atoms with van der Waals surface area (Å²) in [6, 6.07) is 44.6. The van der Waals surface area contributed by atoms with E-state index in [1.165, 1.54) is 66.1 Å². The molecular formula is C44H33F.